The topological polar surface area (TPSA) is 50.5 Å². The third-order valence-electron chi connectivity index (χ3n) is 4.76. The van der Waals surface area contributed by atoms with Crippen LogP contribution in [0.15, 0.2) is 63.8 Å². The lowest BCUT2D eigenvalue weighted by Crippen LogP contribution is -2.33. The van der Waals surface area contributed by atoms with Gasteiger partial charge in [-0.25, -0.2) is 4.79 Å². The molecule has 0 radical (unpaired) electrons. The number of nitrogens with zero attached hydrogens (tertiary/aromatic N) is 1. The summed E-state index contributed by atoms with van der Waals surface area (Å²) in [7, 11) is 1.75. The second-order valence-corrected chi connectivity index (χ2v) is 6.15. The van der Waals surface area contributed by atoms with Crippen LogP contribution in [0.1, 0.15) is 33.9 Å². The fourth-order valence-corrected chi connectivity index (χ4v) is 3.48. The van der Waals surface area contributed by atoms with E-state index < -0.39 is 5.63 Å². The number of hydrogen-bond acceptors (Lipinski definition) is 3. The van der Waals surface area contributed by atoms with Crippen LogP contribution in [-0.2, 0) is 6.42 Å². The SMILES string of the molecule is CN(C(=O)c1cc2ccccc2oc1=O)[C@@H]1CCc2ccccc21. The first-order valence-electron chi connectivity index (χ1n) is 8.03. The number of aryl methyl sites for hydroxylation is 1. The number of para-hydroxylation sites is 1. The lowest BCUT2D eigenvalue weighted by atomic mass is 10.1. The molecule has 1 aliphatic carbocycles. The van der Waals surface area contributed by atoms with Crippen LogP contribution < -0.4 is 5.63 Å². The van der Waals surface area contributed by atoms with Crippen molar-refractivity contribution in [3.05, 3.63) is 81.7 Å². The average molecular weight is 319 g/mol. The second kappa shape index (κ2) is 5.64. The number of fused-ring (bicyclic) bond motifs is 2. The highest BCUT2D eigenvalue weighted by Gasteiger charge is 2.30. The normalized spacial score (nSPS) is 16.1. The highest BCUT2D eigenvalue weighted by molar-refractivity contribution is 5.96. The summed E-state index contributed by atoms with van der Waals surface area (Å²) in [5.41, 5.74) is 2.43. The third kappa shape index (κ3) is 2.31. The van der Waals surface area contributed by atoms with Crippen molar-refractivity contribution in [2.75, 3.05) is 7.05 Å². The highest BCUT2D eigenvalue weighted by Crippen LogP contribution is 2.35. The van der Waals surface area contributed by atoms with Crippen molar-refractivity contribution in [3.63, 3.8) is 0 Å². The molecule has 1 aromatic heterocycles. The molecule has 0 unspecified atom stereocenters. The Labute approximate surface area is 139 Å². The summed E-state index contributed by atoms with van der Waals surface area (Å²) in [4.78, 5) is 26.8. The highest BCUT2D eigenvalue weighted by atomic mass is 16.4. The van der Waals surface area contributed by atoms with E-state index in [0.717, 1.165) is 18.2 Å². The molecule has 1 atom stereocenters. The Kier molecular flexibility index (Phi) is 3.45. The van der Waals surface area contributed by atoms with Crippen molar-refractivity contribution in [1.29, 1.82) is 0 Å². The van der Waals surface area contributed by atoms with Gasteiger partial charge in [-0.2, -0.15) is 0 Å². The summed E-state index contributed by atoms with van der Waals surface area (Å²) in [6.45, 7) is 0. The van der Waals surface area contributed by atoms with Gasteiger partial charge in [0.15, 0.2) is 0 Å². The van der Waals surface area contributed by atoms with Crippen LogP contribution in [0.5, 0.6) is 0 Å². The van der Waals surface area contributed by atoms with Crippen molar-refractivity contribution < 1.29 is 9.21 Å². The van der Waals surface area contributed by atoms with E-state index in [0.29, 0.717) is 5.58 Å². The van der Waals surface area contributed by atoms with Gasteiger partial charge in [0, 0.05) is 12.4 Å². The molecular formula is C20H17NO3. The molecule has 2 aromatic carbocycles. The smallest absolute Gasteiger partial charge is 0.349 e. The van der Waals surface area contributed by atoms with Gasteiger partial charge in [0.25, 0.3) is 5.91 Å². The second-order valence-electron chi connectivity index (χ2n) is 6.15. The van der Waals surface area contributed by atoms with E-state index in [1.807, 2.05) is 24.3 Å². The molecule has 1 heterocycles. The van der Waals surface area contributed by atoms with Crippen LogP contribution in [0.2, 0.25) is 0 Å². The molecule has 3 aromatic rings. The van der Waals surface area contributed by atoms with E-state index in [1.54, 1.807) is 30.1 Å². The van der Waals surface area contributed by atoms with Crippen LogP contribution in [0, 0.1) is 0 Å². The number of amides is 1. The predicted octanol–water partition coefficient (Wildman–Crippen LogP) is 3.55. The Morgan fingerprint density at radius 3 is 2.75 bits per heavy atom. The summed E-state index contributed by atoms with van der Waals surface area (Å²) < 4.78 is 5.29. The Balaban J connectivity index is 1.72. The van der Waals surface area contributed by atoms with Crippen LogP contribution in [-0.4, -0.2) is 17.9 Å². The van der Waals surface area contributed by atoms with Gasteiger partial charge in [-0.15, -0.1) is 0 Å². The number of benzene rings is 2. The predicted molar refractivity (Wildman–Crippen MR) is 92.1 cm³/mol. The van der Waals surface area contributed by atoms with Gasteiger partial charge in [-0.05, 0) is 36.1 Å². The van der Waals surface area contributed by atoms with Gasteiger partial charge in [0.1, 0.15) is 11.1 Å². The Bertz CT molecular complexity index is 989. The van der Waals surface area contributed by atoms with Gasteiger partial charge < -0.3 is 9.32 Å². The zero-order valence-corrected chi connectivity index (χ0v) is 13.4. The van der Waals surface area contributed by atoms with Gasteiger partial charge in [-0.3, -0.25) is 4.79 Å². The zero-order chi connectivity index (χ0) is 16.7. The number of carbonyl (C=O) groups is 1. The summed E-state index contributed by atoms with van der Waals surface area (Å²) in [5.74, 6) is -0.295. The summed E-state index contributed by atoms with van der Waals surface area (Å²) in [5, 5.41) is 0.751. The molecule has 0 spiro atoms. The minimum Gasteiger partial charge on any atom is -0.422 e. The Hall–Kier alpha value is -2.88. The van der Waals surface area contributed by atoms with E-state index in [2.05, 4.69) is 12.1 Å². The van der Waals surface area contributed by atoms with Crippen LogP contribution in [0.4, 0.5) is 0 Å². The van der Waals surface area contributed by atoms with Crippen LogP contribution >= 0.6 is 0 Å². The lowest BCUT2D eigenvalue weighted by molar-refractivity contribution is 0.0726. The van der Waals surface area contributed by atoms with E-state index in [9.17, 15) is 9.59 Å². The van der Waals surface area contributed by atoms with E-state index in [4.69, 9.17) is 4.42 Å². The molecule has 4 nitrogen and oxygen atoms in total. The summed E-state index contributed by atoms with van der Waals surface area (Å²) in [6, 6.07) is 17.0. The molecule has 0 saturated carbocycles. The fraction of sp³-hybridized carbons (Fsp3) is 0.200. The van der Waals surface area contributed by atoms with Gasteiger partial charge in [0.05, 0.1) is 6.04 Å². The summed E-state index contributed by atoms with van der Waals surface area (Å²) >= 11 is 0. The fourth-order valence-electron chi connectivity index (χ4n) is 3.48. The first-order valence-corrected chi connectivity index (χ1v) is 8.03. The van der Waals surface area contributed by atoms with E-state index in [1.165, 1.54) is 11.1 Å². The van der Waals surface area contributed by atoms with Crippen molar-refractivity contribution in [3.8, 4) is 0 Å². The Morgan fingerprint density at radius 1 is 1.12 bits per heavy atom. The first-order chi connectivity index (χ1) is 11.6. The largest absolute Gasteiger partial charge is 0.422 e. The molecule has 24 heavy (non-hydrogen) atoms. The molecule has 0 N–H and O–H groups in total. The molecule has 4 rings (SSSR count). The number of hydrogen-bond donors (Lipinski definition) is 0. The number of rotatable bonds is 2. The maximum atomic E-state index is 12.9. The Morgan fingerprint density at radius 2 is 1.88 bits per heavy atom. The maximum Gasteiger partial charge on any atom is 0.349 e. The quantitative estimate of drug-likeness (QED) is 0.679. The first kappa shape index (κ1) is 14.7. The van der Waals surface area contributed by atoms with E-state index >= 15 is 0 Å². The molecule has 4 heteroatoms. The summed E-state index contributed by atoms with van der Waals surface area (Å²) in [6.07, 6.45) is 1.82. The van der Waals surface area contributed by atoms with Gasteiger partial charge in [0.2, 0.25) is 0 Å². The minimum atomic E-state index is -0.586. The van der Waals surface area contributed by atoms with Crippen LogP contribution in [0.25, 0.3) is 11.0 Å². The molecular weight excluding hydrogens is 302 g/mol. The zero-order valence-electron chi connectivity index (χ0n) is 13.4. The standard InChI is InChI=1S/C20H17NO3/c1-21(17-11-10-13-6-2-4-8-15(13)17)19(22)16-12-14-7-3-5-9-18(14)24-20(16)23/h2-9,12,17H,10-11H2,1H3/t17-/m1/s1. The monoisotopic (exact) mass is 319 g/mol. The van der Waals surface area contributed by atoms with Crippen molar-refractivity contribution in [1.82, 2.24) is 4.90 Å². The van der Waals surface area contributed by atoms with Crippen molar-refractivity contribution in [2.45, 2.75) is 18.9 Å². The van der Waals surface area contributed by atoms with Gasteiger partial charge in [-0.1, -0.05) is 42.5 Å². The lowest BCUT2D eigenvalue weighted by Gasteiger charge is -2.25. The molecule has 120 valence electrons. The maximum absolute atomic E-state index is 12.9. The molecule has 1 aliphatic rings. The van der Waals surface area contributed by atoms with Gasteiger partial charge >= 0.3 is 5.63 Å². The van der Waals surface area contributed by atoms with Crippen molar-refractivity contribution >= 4 is 16.9 Å². The third-order valence-corrected chi connectivity index (χ3v) is 4.76. The van der Waals surface area contributed by atoms with Crippen LogP contribution in [0.3, 0.4) is 0 Å². The molecule has 0 fully saturated rings. The van der Waals surface area contributed by atoms with Crippen molar-refractivity contribution in [2.24, 2.45) is 0 Å². The number of carbonyl (C=O) groups excluding carboxylic acids is 1. The van der Waals surface area contributed by atoms with E-state index in [-0.39, 0.29) is 17.5 Å². The minimum absolute atomic E-state index is 0.000398. The molecule has 0 bridgehead atoms. The molecule has 0 aliphatic heterocycles. The molecule has 0 saturated heterocycles. The average Bonchev–Trinajstić information content (AvgIpc) is 3.04. The molecule has 1 amide bonds.